The molecule has 4 nitrogen and oxygen atoms in total. The molecular weight excluding hydrogens is 266 g/mol. The van der Waals surface area contributed by atoms with Crippen LogP contribution in [-0.4, -0.2) is 11.9 Å². The monoisotopic (exact) mass is 282 g/mol. The molecule has 1 amide bonds. The van der Waals surface area contributed by atoms with Crippen molar-refractivity contribution in [3.63, 3.8) is 0 Å². The zero-order valence-electron chi connectivity index (χ0n) is 11.5. The zero-order valence-corrected chi connectivity index (χ0v) is 11.5. The van der Waals surface area contributed by atoms with E-state index in [-0.39, 0.29) is 18.7 Å². The first-order valence-corrected chi connectivity index (χ1v) is 6.75. The third-order valence-electron chi connectivity index (χ3n) is 3.15. The predicted molar refractivity (Wildman–Crippen MR) is 78.3 cm³/mol. The molecule has 2 aromatic carbocycles. The summed E-state index contributed by atoms with van der Waals surface area (Å²) >= 11 is 0. The molecule has 0 aliphatic heterocycles. The highest BCUT2D eigenvalue weighted by Gasteiger charge is 2.16. The van der Waals surface area contributed by atoms with Crippen molar-refractivity contribution in [2.24, 2.45) is 5.92 Å². The van der Waals surface area contributed by atoms with Crippen molar-refractivity contribution in [2.45, 2.75) is 12.8 Å². The Morgan fingerprint density at radius 2 is 1.52 bits per heavy atom. The summed E-state index contributed by atoms with van der Waals surface area (Å²) in [6.45, 7) is 0. The summed E-state index contributed by atoms with van der Waals surface area (Å²) in [4.78, 5) is 23.1. The maximum atomic E-state index is 11.9. The Morgan fingerprint density at radius 1 is 0.952 bits per heavy atom. The van der Waals surface area contributed by atoms with Gasteiger partial charge in [0.15, 0.2) is 0 Å². The molecule has 0 radical (unpaired) electrons. The highest BCUT2D eigenvalue weighted by molar-refractivity contribution is 5.92. The van der Waals surface area contributed by atoms with Crippen LogP contribution in [0.3, 0.4) is 0 Å². The van der Waals surface area contributed by atoms with Crippen molar-refractivity contribution in [1.29, 1.82) is 0 Å². The van der Waals surface area contributed by atoms with Crippen molar-refractivity contribution < 1.29 is 14.7 Å². The van der Waals surface area contributed by atoms with Crippen LogP contribution in [0.5, 0.6) is 0 Å². The number of nitrogens with one attached hydrogen (secondary N) is 1. The highest BCUT2D eigenvalue weighted by atomic mass is 16.4. The van der Waals surface area contributed by atoms with Gasteiger partial charge in [-0.2, -0.15) is 0 Å². The van der Waals surface area contributed by atoms with Gasteiger partial charge in [-0.05, 0) is 24.1 Å². The van der Waals surface area contributed by atoms with Gasteiger partial charge in [0.05, 0.1) is 0 Å². The SMILES string of the molecule is O=C(CC(Cc1ccccc1)C(=O)[O-])Nc1ccccc1. The molecule has 1 unspecified atom stereocenters. The second-order valence-electron chi connectivity index (χ2n) is 4.82. The molecule has 0 heterocycles. The number of rotatable bonds is 6. The molecule has 0 aliphatic carbocycles. The molecule has 0 aliphatic rings. The van der Waals surface area contributed by atoms with E-state index in [0.717, 1.165) is 5.56 Å². The van der Waals surface area contributed by atoms with Crippen molar-refractivity contribution in [2.75, 3.05) is 5.32 Å². The van der Waals surface area contributed by atoms with Gasteiger partial charge < -0.3 is 15.2 Å². The quantitative estimate of drug-likeness (QED) is 0.875. The van der Waals surface area contributed by atoms with Crippen LogP contribution < -0.4 is 10.4 Å². The number of amides is 1. The summed E-state index contributed by atoms with van der Waals surface area (Å²) in [5.41, 5.74) is 1.53. The lowest BCUT2D eigenvalue weighted by atomic mass is 9.96. The zero-order chi connectivity index (χ0) is 15.1. The molecule has 4 heteroatoms. The lowest BCUT2D eigenvalue weighted by molar-refractivity contribution is -0.311. The summed E-state index contributed by atoms with van der Waals surface area (Å²) in [6.07, 6.45) is 0.178. The minimum atomic E-state index is -1.21. The fourth-order valence-electron chi connectivity index (χ4n) is 2.09. The fourth-order valence-corrected chi connectivity index (χ4v) is 2.09. The van der Waals surface area contributed by atoms with E-state index in [9.17, 15) is 14.7 Å². The van der Waals surface area contributed by atoms with Gasteiger partial charge in [-0.3, -0.25) is 4.79 Å². The second kappa shape index (κ2) is 7.24. The van der Waals surface area contributed by atoms with Gasteiger partial charge in [0, 0.05) is 24.0 Å². The standard InChI is InChI=1S/C17H17NO3/c19-16(18-15-9-5-2-6-10-15)12-14(17(20)21)11-13-7-3-1-4-8-13/h1-10,14H,11-12H2,(H,18,19)(H,20,21)/p-1. The molecule has 108 valence electrons. The van der Waals surface area contributed by atoms with E-state index in [1.807, 2.05) is 36.4 Å². The second-order valence-corrected chi connectivity index (χ2v) is 4.82. The van der Waals surface area contributed by atoms with Crippen LogP contribution in [0.15, 0.2) is 60.7 Å². The van der Waals surface area contributed by atoms with E-state index in [2.05, 4.69) is 5.32 Å². The van der Waals surface area contributed by atoms with E-state index in [1.54, 1.807) is 24.3 Å². The number of benzene rings is 2. The Bertz CT molecular complexity index is 596. The van der Waals surface area contributed by atoms with Crippen molar-refractivity contribution in [3.8, 4) is 0 Å². The average molecular weight is 282 g/mol. The first kappa shape index (κ1) is 14.8. The number of carbonyl (C=O) groups excluding carboxylic acids is 2. The molecule has 0 saturated heterocycles. The van der Waals surface area contributed by atoms with Gasteiger partial charge >= 0.3 is 0 Å². The molecule has 0 saturated carbocycles. The Labute approximate surface area is 123 Å². The van der Waals surface area contributed by atoms with Crippen LogP contribution in [0.2, 0.25) is 0 Å². The topological polar surface area (TPSA) is 69.2 Å². The number of carbonyl (C=O) groups is 2. The van der Waals surface area contributed by atoms with E-state index in [4.69, 9.17) is 0 Å². The third kappa shape index (κ3) is 4.76. The molecule has 1 N–H and O–H groups in total. The number of carboxylic acid groups (broad SMARTS) is 1. The smallest absolute Gasteiger partial charge is 0.225 e. The number of hydrogen-bond acceptors (Lipinski definition) is 3. The lowest BCUT2D eigenvalue weighted by Gasteiger charge is -2.17. The van der Waals surface area contributed by atoms with Gasteiger partial charge in [-0.1, -0.05) is 48.5 Å². The molecule has 2 rings (SSSR count). The van der Waals surface area contributed by atoms with Crippen LogP contribution in [-0.2, 0) is 16.0 Å². The lowest BCUT2D eigenvalue weighted by Crippen LogP contribution is -2.35. The molecule has 2 aromatic rings. The number of anilines is 1. The van der Waals surface area contributed by atoms with Crippen molar-refractivity contribution in [1.82, 2.24) is 0 Å². The maximum Gasteiger partial charge on any atom is 0.225 e. The average Bonchev–Trinajstić information content (AvgIpc) is 2.48. The summed E-state index contributed by atoms with van der Waals surface area (Å²) in [7, 11) is 0. The van der Waals surface area contributed by atoms with Gasteiger partial charge in [-0.25, -0.2) is 0 Å². The molecule has 0 fully saturated rings. The number of aliphatic carboxylic acids is 1. The normalized spacial score (nSPS) is 11.6. The van der Waals surface area contributed by atoms with E-state index in [0.29, 0.717) is 5.69 Å². The van der Waals surface area contributed by atoms with Gasteiger partial charge in [0.2, 0.25) is 5.91 Å². The molecule has 0 aromatic heterocycles. The first-order chi connectivity index (χ1) is 10.1. The van der Waals surface area contributed by atoms with Crippen LogP contribution in [0.4, 0.5) is 5.69 Å². The van der Waals surface area contributed by atoms with Crippen molar-refractivity contribution >= 4 is 17.6 Å². The molecule has 0 bridgehead atoms. The van der Waals surface area contributed by atoms with Gasteiger partial charge in [0.25, 0.3) is 0 Å². The Balaban J connectivity index is 1.96. The minimum Gasteiger partial charge on any atom is -0.550 e. The summed E-state index contributed by atoms with van der Waals surface area (Å²) in [5, 5.41) is 13.9. The third-order valence-corrected chi connectivity index (χ3v) is 3.15. The van der Waals surface area contributed by atoms with Gasteiger partial charge in [-0.15, -0.1) is 0 Å². The molecular formula is C17H16NO3-. The number of carboxylic acids is 1. The van der Waals surface area contributed by atoms with Crippen LogP contribution in [0.25, 0.3) is 0 Å². The maximum absolute atomic E-state index is 11.9. The summed E-state index contributed by atoms with van der Waals surface area (Å²) in [6, 6.07) is 18.2. The van der Waals surface area contributed by atoms with Gasteiger partial charge in [0.1, 0.15) is 0 Å². The Hall–Kier alpha value is -2.62. The van der Waals surface area contributed by atoms with Crippen LogP contribution >= 0.6 is 0 Å². The number of para-hydroxylation sites is 1. The van der Waals surface area contributed by atoms with Crippen LogP contribution in [0.1, 0.15) is 12.0 Å². The fraction of sp³-hybridized carbons (Fsp3) is 0.176. The molecule has 0 spiro atoms. The van der Waals surface area contributed by atoms with Crippen LogP contribution in [0, 0.1) is 5.92 Å². The number of hydrogen-bond donors (Lipinski definition) is 1. The summed E-state index contributed by atoms with van der Waals surface area (Å²) in [5.74, 6) is -2.37. The molecule has 1 atom stereocenters. The van der Waals surface area contributed by atoms with E-state index < -0.39 is 11.9 Å². The first-order valence-electron chi connectivity index (χ1n) is 6.75. The van der Waals surface area contributed by atoms with E-state index >= 15 is 0 Å². The summed E-state index contributed by atoms with van der Waals surface area (Å²) < 4.78 is 0. The molecule has 21 heavy (non-hydrogen) atoms. The highest BCUT2D eigenvalue weighted by Crippen LogP contribution is 2.14. The Morgan fingerprint density at radius 3 is 2.10 bits per heavy atom. The minimum absolute atomic E-state index is 0.105. The largest absolute Gasteiger partial charge is 0.550 e. The van der Waals surface area contributed by atoms with E-state index in [1.165, 1.54) is 0 Å². The Kier molecular flexibility index (Phi) is 5.10. The van der Waals surface area contributed by atoms with Crippen molar-refractivity contribution in [3.05, 3.63) is 66.2 Å². The predicted octanol–water partition coefficient (Wildman–Crippen LogP) is 1.62.